The molecule has 0 unspecified atom stereocenters. The first kappa shape index (κ1) is 20.3. The molecule has 0 radical (unpaired) electrons. The predicted octanol–water partition coefficient (Wildman–Crippen LogP) is 3.92. The molecule has 1 N–H and O–H groups in total. The Kier molecular flexibility index (Phi) is 6.25. The maximum atomic E-state index is 13.0. The topological polar surface area (TPSA) is 66.5 Å². The Hall–Kier alpha value is -1.41. The van der Waals surface area contributed by atoms with Crippen LogP contribution < -0.4 is 9.62 Å². The molecule has 2 aromatic rings. The fourth-order valence-corrected chi connectivity index (χ4v) is 5.26. The quantitative estimate of drug-likeness (QED) is 0.694. The number of fused-ring (bicyclic) bond motifs is 1. The highest BCUT2D eigenvalue weighted by atomic mass is 79.9. The third kappa shape index (κ3) is 4.54. The molecule has 8 heteroatoms. The van der Waals surface area contributed by atoms with Crippen LogP contribution in [0.5, 0.6) is 0 Å². The van der Waals surface area contributed by atoms with Crippen LogP contribution in [0.25, 0.3) is 0 Å². The van der Waals surface area contributed by atoms with Gasteiger partial charge in [-0.3, -0.25) is 4.79 Å². The molecule has 0 fully saturated rings. The fraction of sp³-hybridized carbons (Fsp3) is 0.316. The van der Waals surface area contributed by atoms with Crippen molar-refractivity contribution in [2.75, 3.05) is 18.0 Å². The van der Waals surface area contributed by atoms with Crippen molar-refractivity contribution >= 4 is 49.1 Å². The van der Waals surface area contributed by atoms with Crippen LogP contribution in [0.15, 0.2) is 45.8 Å². The molecule has 0 saturated carbocycles. The first-order valence-electron chi connectivity index (χ1n) is 8.68. The summed E-state index contributed by atoms with van der Waals surface area (Å²) in [6.45, 7) is 2.54. The highest BCUT2D eigenvalue weighted by molar-refractivity contribution is 9.10. The zero-order valence-electron chi connectivity index (χ0n) is 14.8. The molecule has 5 nitrogen and oxygen atoms in total. The second-order valence-corrected chi connectivity index (χ2v) is 9.42. The van der Waals surface area contributed by atoms with E-state index in [4.69, 9.17) is 11.6 Å². The number of nitrogens with one attached hydrogen (secondary N) is 1. The SMILES string of the molecule is CCC(=O)N1CCc2cc(Br)cc(S(=O)(=O)NCCc3ccc(Cl)cc3)c21. The first-order valence-corrected chi connectivity index (χ1v) is 11.3. The summed E-state index contributed by atoms with van der Waals surface area (Å²) in [5.74, 6) is -0.0753. The Morgan fingerprint density at radius 1 is 1.26 bits per heavy atom. The Labute approximate surface area is 172 Å². The van der Waals surface area contributed by atoms with Gasteiger partial charge in [0.2, 0.25) is 15.9 Å². The molecule has 144 valence electrons. The molecule has 27 heavy (non-hydrogen) atoms. The Morgan fingerprint density at radius 3 is 2.63 bits per heavy atom. The van der Waals surface area contributed by atoms with Crippen LogP contribution in [0, 0.1) is 0 Å². The number of nitrogens with zero attached hydrogens (tertiary/aromatic N) is 1. The van der Waals surface area contributed by atoms with Crippen molar-refractivity contribution in [3.05, 3.63) is 57.0 Å². The summed E-state index contributed by atoms with van der Waals surface area (Å²) in [7, 11) is -3.76. The van der Waals surface area contributed by atoms with Crippen molar-refractivity contribution in [2.45, 2.75) is 31.1 Å². The smallest absolute Gasteiger partial charge is 0.242 e. The van der Waals surface area contributed by atoms with E-state index >= 15 is 0 Å². The van der Waals surface area contributed by atoms with Gasteiger partial charge in [-0.15, -0.1) is 0 Å². The van der Waals surface area contributed by atoms with Gasteiger partial charge >= 0.3 is 0 Å². The summed E-state index contributed by atoms with van der Waals surface area (Å²) in [5.41, 5.74) is 2.36. The number of carbonyl (C=O) groups excluding carboxylic acids is 1. The molecule has 0 bridgehead atoms. The lowest BCUT2D eigenvalue weighted by Gasteiger charge is -2.20. The van der Waals surface area contributed by atoms with Crippen LogP contribution in [-0.4, -0.2) is 27.4 Å². The fourth-order valence-electron chi connectivity index (χ4n) is 3.17. The van der Waals surface area contributed by atoms with Crippen molar-refractivity contribution in [3.8, 4) is 0 Å². The van der Waals surface area contributed by atoms with Gasteiger partial charge in [-0.25, -0.2) is 13.1 Å². The lowest BCUT2D eigenvalue weighted by molar-refractivity contribution is -0.118. The van der Waals surface area contributed by atoms with Crippen molar-refractivity contribution < 1.29 is 13.2 Å². The zero-order valence-corrected chi connectivity index (χ0v) is 18.0. The molecule has 2 aromatic carbocycles. The summed E-state index contributed by atoms with van der Waals surface area (Å²) >= 11 is 9.26. The van der Waals surface area contributed by atoms with Crippen LogP contribution in [-0.2, 0) is 27.7 Å². The Morgan fingerprint density at radius 2 is 1.96 bits per heavy atom. The van der Waals surface area contributed by atoms with Gasteiger partial charge in [0.25, 0.3) is 0 Å². The van der Waals surface area contributed by atoms with Crippen LogP contribution in [0.4, 0.5) is 5.69 Å². The monoisotopic (exact) mass is 470 g/mol. The van der Waals surface area contributed by atoms with Crippen molar-refractivity contribution in [2.24, 2.45) is 0 Å². The lowest BCUT2D eigenvalue weighted by Crippen LogP contribution is -2.32. The minimum absolute atomic E-state index is 0.0753. The number of amides is 1. The number of halogens is 2. The first-order chi connectivity index (χ1) is 12.8. The summed E-state index contributed by atoms with van der Waals surface area (Å²) < 4.78 is 29.2. The maximum Gasteiger partial charge on any atom is 0.242 e. The number of rotatable bonds is 6. The van der Waals surface area contributed by atoms with E-state index in [2.05, 4.69) is 20.7 Å². The molecule has 0 saturated heterocycles. The van der Waals surface area contributed by atoms with Gasteiger partial charge in [-0.1, -0.05) is 46.6 Å². The highest BCUT2D eigenvalue weighted by Gasteiger charge is 2.31. The molecule has 1 heterocycles. The largest absolute Gasteiger partial charge is 0.310 e. The van der Waals surface area contributed by atoms with Crippen LogP contribution in [0.1, 0.15) is 24.5 Å². The van der Waals surface area contributed by atoms with E-state index in [-0.39, 0.29) is 17.3 Å². The average molecular weight is 472 g/mol. The molecule has 0 aliphatic carbocycles. The number of carbonyl (C=O) groups is 1. The van der Waals surface area contributed by atoms with Gasteiger partial charge in [0.15, 0.2) is 0 Å². The molecule has 0 spiro atoms. The zero-order chi connectivity index (χ0) is 19.6. The van der Waals surface area contributed by atoms with Gasteiger partial charge in [0.05, 0.1) is 5.69 Å². The Balaban J connectivity index is 1.84. The van der Waals surface area contributed by atoms with Crippen molar-refractivity contribution in [1.29, 1.82) is 0 Å². The Bertz CT molecular complexity index is 962. The van der Waals surface area contributed by atoms with Crippen molar-refractivity contribution in [3.63, 3.8) is 0 Å². The van der Waals surface area contributed by atoms with Crippen molar-refractivity contribution in [1.82, 2.24) is 4.72 Å². The van der Waals surface area contributed by atoms with E-state index in [1.807, 2.05) is 18.2 Å². The van der Waals surface area contributed by atoms with Crippen LogP contribution in [0.3, 0.4) is 0 Å². The van der Waals surface area contributed by atoms with Gasteiger partial charge in [-0.05, 0) is 48.2 Å². The normalized spacial score (nSPS) is 13.7. The minimum atomic E-state index is -3.76. The number of benzene rings is 2. The summed E-state index contributed by atoms with van der Waals surface area (Å²) in [5, 5.41) is 0.643. The van der Waals surface area contributed by atoms with E-state index in [0.29, 0.717) is 41.0 Å². The highest BCUT2D eigenvalue weighted by Crippen LogP contribution is 2.37. The van der Waals surface area contributed by atoms with Crippen LogP contribution in [0.2, 0.25) is 5.02 Å². The predicted molar refractivity (Wildman–Crippen MR) is 111 cm³/mol. The molecular weight excluding hydrogens is 452 g/mol. The van der Waals surface area contributed by atoms with E-state index in [1.165, 1.54) is 0 Å². The molecule has 3 rings (SSSR count). The second kappa shape index (κ2) is 8.31. The minimum Gasteiger partial charge on any atom is -0.310 e. The van der Waals surface area contributed by atoms with Gasteiger partial charge in [0.1, 0.15) is 4.90 Å². The second-order valence-electron chi connectivity index (χ2n) is 6.33. The number of anilines is 1. The lowest BCUT2D eigenvalue weighted by atomic mass is 10.2. The van der Waals surface area contributed by atoms with Gasteiger partial charge in [-0.2, -0.15) is 0 Å². The van der Waals surface area contributed by atoms with Gasteiger partial charge in [0, 0.05) is 29.0 Å². The molecular formula is C19H20BrClN2O3S. The molecule has 0 atom stereocenters. The molecule has 1 amide bonds. The standard InChI is InChI=1S/C19H20BrClN2O3S/c1-2-18(24)23-10-8-14-11-15(20)12-17(19(14)23)27(25,26)22-9-7-13-3-5-16(21)6-4-13/h3-6,11-12,22H,2,7-10H2,1H3. The number of hydrogen-bond acceptors (Lipinski definition) is 3. The molecule has 1 aliphatic rings. The average Bonchev–Trinajstić information content (AvgIpc) is 3.05. The number of sulfonamides is 1. The summed E-state index contributed by atoms with van der Waals surface area (Å²) in [6.07, 6.45) is 1.52. The van der Waals surface area contributed by atoms with E-state index in [9.17, 15) is 13.2 Å². The van der Waals surface area contributed by atoms with Gasteiger partial charge < -0.3 is 4.90 Å². The summed E-state index contributed by atoms with van der Waals surface area (Å²) in [6, 6.07) is 10.7. The maximum absolute atomic E-state index is 13.0. The third-order valence-electron chi connectivity index (χ3n) is 4.51. The van der Waals surface area contributed by atoms with Crippen LogP contribution >= 0.6 is 27.5 Å². The molecule has 1 aliphatic heterocycles. The summed E-state index contributed by atoms with van der Waals surface area (Å²) in [4.78, 5) is 14.0. The van der Waals surface area contributed by atoms with E-state index in [1.54, 1.807) is 30.0 Å². The third-order valence-corrected chi connectivity index (χ3v) is 6.69. The molecule has 0 aromatic heterocycles. The van der Waals surface area contributed by atoms with E-state index in [0.717, 1.165) is 11.1 Å². The van der Waals surface area contributed by atoms with E-state index < -0.39 is 10.0 Å². The number of hydrogen-bond donors (Lipinski definition) is 1.